The smallest absolute Gasteiger partial charge is 0.224 e. The highest BCUT2D eigenvalue weighted by Crippen LogP contribution is 2.18. The third kappa shape index (κ3) is 4.10. The van der Waals surface area contributed by atoms with E-state index in [4.69, 9.17) is 17.3 Å². The van der Waals surface area contributed by atoms with Crippen LogP contribution in [0.25, 0.3) is 0 Å². The number of halogens is 1. The Morgan fingerprint density at radius 2 is 2.05 bits per heavy atom. The van der Waals surface area contributed by atoms with Gasteiger partial charge in [0.2, 0.25) is 5.28 Å². The predicted molar refractivity (Wildman–Crippen MR) is 79.3 cm³/mol. The number of benzene rings is 1. The average molecular weight is 277 g/mol. The molecule has 4 nitrogen and oxygen atoms in total. The highest BCUT2D eigenvalue weighted by molar-refractivity contribution is 6.28. The van der Waals surface area contributed by atoms with Gasteiger partial charge in [-0.2, -0.15) is 4.98 Å². The van der Waals surface area contributed by atoms with Gasteiger partial charge in [-0.25, -0.2) is 4.98 Å². The molecule has 100 valence electrons. The van der Waals surface area contributed by atoms with E-state index >= 15 is 0 Å². The Labute approximate surface area is 118 Å². The lowest BCUT2D eigenvalue weighted by Gasteiger charge is -2.15. The minimum absolute atomic E-state index is 0.201. The summed E-state index contributed by atoms with van der Waals surface area (Å²) in [5.41, 5.74) is 7.63. The molecule has 0 aliphatic rings. The van der Waals surface area contributed by atoms with Crippen molar-refractivity contribution in [1.29, 1.82) is 0 Å². The first-order chi connectivity index (χ1) is 9.15. The molecule has 1 aromatic heterocycles. The van der Waals surface area contributed by atoms with Crippen molar-refractivity contribution in [2.75, 3.05) is 11.1 Å². The molecule has 5 heteroatoms. The van der Waals surface area contributed by atoms with Crippen LogP contribution in [0.1, 0.15) is 18.9 Å². The minimum Gasteiger partial charge on any atom is -0.394 e. The fourth-order valence-electron chi connectivity index (χ4n) is 1.82. The topological polar surface area (TPSA) is 63.8 Å². The van der Waals surface area contributed by atoms with Gasteiger partial charge in [0.15, 0.2) is 5.82 Å². The maximum absolute atomic E-state index is 5.80. The molecule has 0 aliphatic heterocycles. The molecule has 19 heavy (non-hydrogen) atoms. The monoisotopic (exact) mass is 276 g/mol. The SMILES string of the molecule is CC(CCc1ccccc1)Nc1nc(Cl)ncc1N. The van der Waals surface area contributed by atoms with Gasteiger partial charge in [0.25, 0.3) is 0 Å². The Bertz CT molecular complexity index is 530. The lowest BCUT2D eigenvalue weighted by molar-refractivity contribution is 0.703. The molecular weight excluding hydrogens is 260 g/mol. The molecule has 1 unspecified atom stereocenters. The van der Waals surface area contributed by atoms with Crippen molar-refractivity contribution in [1.82, 2.24) is 9.97 Å². The Morgan fingerprint density at radius 3 is 2.79 bits per heavy atom. The van der Waals surface area contributed by atoms with E-state index in [9.17, 15) is 0 Å². The number of aromatic nitrogens is 2. The quantitative estimate of drug-likeness (QED) is 0.824. The van der Waals surface area contributed by atoms with Crippen LogP contribution in [0.2, 0.25) is 5.28 Å². The van der Waals surface area contributed by atoms with E-state index in [1.165, 1.54) is 11.8 Å². The van der Waals surface area contributed by atoms with Crippen LogP contribution in [0.15, 0.2) is 36.5 Å². The first-order valence-corrected chi connectivity index (χ1v) is 6.61. The Balaban J connectivity index is 1.90. The normalized spacial score (nSPS) is 12.1. The molecule has 1 aromatic carbocycles. The number of nitrogens with one attached hydrogen (secondary N) is 1. The summed E-state index contributed by atoms with van der Waals surface area (Å²) in [5, 5.41) is 3.46. The number of anilines is 2. The van der Waals surface area contributed by atoms with E-state index in [2.05, 4.69) is 46.5 Å². The van der Waals surface area contributed by atoms with E-state index in [-0.39, 0.29) is 11.3 Å². The summed E-state index contributed by atoms with van der Waals surface area (Å²) in [4.78, 5) is 7.92. The lowest BCUT2D eigenvalue weighted by Crippen LogP contribution is -2.18. The second kappa shape index (κ2) is 6.38. The molecular formula is C14H17ClN4. The van der Waals surface area contributed by atoms with E-state index < -0.39 is 0 Å². The number of nitrogens with zero attached hydrogens (tertiary/aromatic N) is 2. The van der Waals surface area contributed by atoms with Crippen LogP contribution in [0.5, 0.6) is 0 Å². The van der Waals surface area contributed by atoms with Crippen molar-refractivity contribution in [2.24, 2.45) is 0 Å². The summed E-state index contributed by atoms with van der Waals surface area (Å²) in [5.74, 6) is 0.598. The fraction of sp³-hybridized carbons (Fsp3) is 0.286. The molecule has 0 amide bonds. The second-order valence-electron chi connectivity index (χ2n) is 4.51. The van der Waals surface area contributed by atoms with Gasteiger partial charge in [0.05, 0.1) is 11.9 Å². The van der Waals surface area contributed by atoms with Gasteiger partial charge >= 0.3 is 0 Å². The van der Waals surface area contributed by atoms with Gasteiger partial charge in [0.1, 0.15) is 0 Å². The van der Waals surface area contributed by atoms with E-state index in [1.54, 1.807) is 0 Å². The Kier molecular flexibility index (Phi) is 4.58. The van der Waals surface area contributed by atoms with Gasteiger partial charge in [-0.15, -0.1) is 0 Å². The van der Waals surface area contributed by atoms with Crippen LogP contribution in [0.4, 0.5) is 11.5 Å². The number of nitrogens with two attached hydrogens (primary N) is 1. The van der Waals surface area contributed by atoms with Gasteiger partial charge < -0.3 is 11.1 Å². The average Bonchev–Trinajstić information content (AvgIpc) is 2.42. The molecule has 3 N–H and O–H groups in total. The van der Waals surface area contributed by atoms with E-state index in [0.29, 0.717) is 11.5 Å². The first kappa shape index (κ1) is 13.6. The van der Waals surface area contributed by atoms with Gasteiger partial charge in [-0.3, -0.25) is 0 Å². The summed E-state index contributed by atoms with van der Waals surface area (Å²) >= 11 is 5.76. The van der Waals surface area contributed by atoms with Crippen LogP contribution < -0.4 is 11.1 Å². The molecule has 0 saturated heterocycles. The highest BCUT2D eigenvalue weighted by Gasteiger charge is 2.07. The summed E-state index contributed by atoms with van der Waals surface area (Å²) < 4.78 is 0. The molecule has 0 spiro atoms. The van der Waals surface area contributed by atoms with E-state index in [0.717, 1.165) is 12.8 Å². The number of hydrogen-bond donors (Lipinski definition) is 2. The highest BCUT2D eigenvalue weighted by atomic mass is 35.5. The van der Waals surface area contributed by atoms with Crippen molar-refractivity contribution in [3.05, 3.63) is 47.4 Å². The molecule has 2 aromatic rings. The first-order valence-electron chi connectivity index (χ1n) is 6.23. The fourth-order valence-corrected chi connectivity index (χ4v) is 1.95. The predicted octanol–water partition coefficient (Wildman–Crippen LogP) is 3.15. The molecule has 1 heterocycles. The van der Waals surface area contributed by atoms with Crippen molar-refractivity contribution in [3.63, 3.8) is 0 Å². The summed E-state index contributed by atoms with van der Waals surface area (Å²) in [6.07, 6.45) is 3.51. The number of nitrogen functional groups attached to an aromatic ring is 1. The number of rotatable bonds is 5. The standard InChI is InChI=1S/C14H17ClN4/c1-10(7-8-11-5-3-2-4-6-11)18-13-12(16)9-17-14(15)19-13/h2-6,9-10H,7-8,16H2,1H3,(H,17,18,19). The largest absolute Gasteiger partial charge is 0.394 e. The van der Waals surface area contributed by atoms with Crippen LogP contribution in [0.3, 0.4) is 0 Å². The van der Waals surface area contributed by atoms with Crippen LogP contribution in [-0.4, -0.2) is 16.0 Å². The zero-order valence-corrected chi connectivity index (χ0v) is 11.6. The van der Waals surface area contributed by atoms with Crippen molar-refractivity contribution in [3.8, 4) is 0 Å². The third-order valence-electron chi connectivity index (χ3n) is 2.88. The van der Waals surface area contributed by atoms with Gasteiger partial charge in [-0.05, 0) is 36.9 Å². The Morgan fingerprint density at radius 1 is 1.32 bits per heavy atom. The van der Waals surface area contributed by atoms with Crippen molar-refractivity contribution >= 4 is 23.1 Å². The van der Waals surface area contributed by atoms with Crippen molar-refractivity contribution < 1.29 is 0 Å². The molecule has 0 fully saturated rings. The van der Waals surface area contributed by atoms with Crippen LogP contribution in [-0.2, 0) is 6.42 Å². The lowest BCUT2D eigenvalue weighted by atomic mass is 10.1. The van der Waals surface area contributed by atoms with Crippen molar-refractivity contribution in [2.45, 2.75) is 25.8 Å². The molecule has 0 aliphatic carbocycles. The second-order valence-corrected chi connectivity index (χ2v) is 4.85. The minimum atomic E-state index is 0.201. The maximum Gasteiger partial charge on any atom is 0.224 e. The van der Waals surface area contributed by atoms with E-state index in [1.807, 2.05) is 6.07 Å². The molecule has 0 saturated carbocycles. The molecule has 0 bridgehead atoms. The third-order valence-corrected chi connectivity index (χ3v) is 3.06. The summed E-state index contributed by atoms with van der Waals surface area (Å²) in [6.45, 7) is 2.10. The zero-order chi connectivity index (χ0) is 13.7. The van der Waals surface area contributed by atoms with Crippen LogP contribution >= 0.6 is 11.6 Å². The summed E-state index contributed by atoms with van der Waals surface area (Å²) in [6, 6.07) is 10.6. The maximum atomic E-state index is 5.80. The number of aryl methyl sites for hydroxylation is 1. The van der Waals surface area contributed by atoms with Gasteiger partial charge in [-0.1, -0.05) is 30.3 Å². The van der Waals surface area contributed by atoms with Gasteiger partial charge in [0, 0.05) is 6.04 Å². The number of hydrogen-bond acceptors (Lipinski definition) is 4. The molecule has 2 rings (SSSR count). The Hall–Kier alpha value is -1.81. The molecule has 1 atom stereocenters. The zero-order valence-electron chi connectivity index (χ0n) is 10.8. The molecule has 0 radical (unpaired) electrons. The summed E-state index contributed by atoms with van der Waals surface area (Å²) in [7, 11) is 0. The van der Waals surface area contributed by atoms with Crippen LogP contribution in [0, 0.1) is 0 Å².